The van der Waals surface area contributed by atoms with E-state index in [0.717, 1.165) is 12.1 Å². The average molecular weight is 267 g/mol. The highest BCUT2D eigenvalue weighted by molar-refractivity contribution is 6.30. The molecule has 0 radical (unpaired) electrons. The average Bonchev–Trinajstić information content (AvgIpc) is 2.28. The zero-order valence-electron chi connectivity index (χ0n) is 9.51. The summed E-state index contributed by atoms with van der Waals surface area (Å²) in [6, 6.07) is 7.60. The Kier molecular flexibility index (Phi) is 3.43. The molecule has 0 N–H and O–H groups in total. The van der Waals surface area contributed by atoms with Crippen LogP contribution in [0.2, 0.25) is 5.02 Å². The van der Waals surface area contributed by atoms with E-state index in [9.17, 15) is 13.6 Å². The van der Waals surface area contributed by atoms with Gasteiger partial charge in [0.25, 0.3) is 0 Å². The molecule has 0 saturated heterocycles. The summed E-state index contributed by atoms with van der Waals surface area (Å²) in [4.78, 5) is 12.1. The number of hydrogen-bond acceptors (Lipinski definition) is 1. The Labute approximate surface area is 108 Å². The molecule has 0 atom stereocenters. The van der Waals surface area contributed by atoms with Crippen molar-refractivity contribution in [2.75, 3.05) is 0 Å². The number of carbonyl (C=O) groups excluding carboxylic acids is 1. The van der Waals surface area contributed by atoms with E-state index in [1.165, 1.54) is 6.07 Å². The smallest absolute Gasteiger partial charge is 0.196 e. The molecule has 2 rings (SSSR count). The first kappa shape index (κ1) is 12.7. The Morgan fingerprint density at radius 3 is 2.33 bits per heavy atom. The molecule has 2 aromatic carbocycles. The lowest BCUT2D eigenvalue weighted by atomic mass is 9.99. The molecule has 2 aromatic rings. The van der Waals surface area contributed by atoms with Crippen molar-refractivity contribution >= 4 is 17.4 Å². The van der Waals surface area contributed by atoms with Gasteiger partial charge in [-0.25, -0.2) is 8.78 Å². The van der Waals surface area contributed by atoms with Crippen LogP contribution in [0.15, 0.2) is 36.4 Å². The Morgan fingerprint density at radius 1 is 1.06 bits per heavy atom. The Hall–Kier alpha value is -1.74. The quantitative estimate of drug-likeness (QED) is 0.746. The maximum atomic E-state index is 13.5. The van der Waals surface area contributed by atoms with Gasteiger partial charge in [0.1, 0.15) is 11.6 Å². The zero-order chi connectivity index (χ0) is 13.3. The molecule has 4 heteroatoms. The summed E-state index contributed by atoms with van der Waals surface area (Å²) in [6.45, 7) is 1.71. The van der Waals surface area contributed by atoms with Crippen molar-refractivity contribution in [3.8, 4) is 0 Å². The fourth-order valence-electron chi connectivity index (χ4n) is 1.70. The molecule has 0 fully saturated rings. The summed E-state index contributed by atoms with van der Waals surface area (Å²) in [5.74, 6) is -2.06. The third kappa shape index (κ3) is 2.41. The summed E-state index contributed by atoms with van der Waals surface area (Å²) in [6.07, 6.45) is 0. The second-order valence-corrected chi connectivity index (χ2v) is 4.35. The van der Waals surface area contributed by atoms with E-state index in [1.54, 1.807) is 19.1 Å². The van der Waals surface area contributed by atoms with Crippen molar-refractivity contribution in [3.63, 3.8) is 0 Å². The number of aryl methyl sites for hydroxylation is 1. The van der Waals surface area contributed by atoms with E-state index in [0.29, 0.717) is 22.2 Å². The number of rotatable bonds is 2. The van der Waals surface area contributed by atoms with E-state index in [2.05, 4.69) is 0 Å². The molecular weight excluding hydrogens is 258 g/mol. The van der Waals surface area contributed by atoms with E-state index in [1.807, 2.05) is 0 Å². The molecule has 0 amide bonds. The standard InChI is InChI=1S/C14H9ClF2O/c1-8-6-9(15)2-4-11(8)14(18)12-5-3-10(16)7-13(12)17/h2-7H,1H3. The highest BCUT2D eigenvalue weighted by Gasteiger charge is 2.16. The number of halogens is 3. The zero-order valence-corrected chi connectivity index (χ0v) is 10.3. The third-order valence-corrected chi connectivity index (χ3v) is 2.84. The van der Waals surface area contributed by atoms with Gasteiger partial charge in [-0.3, -0.25) is 4.79 Å². The number of carbonyl (C=O) groups is 1. The summed E-state index contributed by atoms with van der Waals surface area (Å²) in [5, 5.41) is 0.503. The molecule has 18 heavy (non-hydrogen) atoms. The van der Waals surface area contributed by atoms with Crippen molar-refractivity contribution in [2.24, 2.45) is 0 Å². The summed E-state index contributed by atoms with van der Waals surface area (Å²) in [5.41, 5.74) is 0.850. The van der Waals surface area contributed by atoms with Gasteiger partial charge in [0.05, 0.1) is 5.56 Å². The first-order valence-corrected chi connectivity index (χ1v) is 5.63. The molecule has 0 spiro atoms. The summed E-state index contributed by atoms with van der Waals surface area (Å²) in [7, 11) is 0. The SMILES string of the molecule is Cc1cc(Cl)ccc1C(=O)c1ccc(F)cc1F. The van der Waals surface area contributed by atoms with Gasteiger partial charge in [0, 0.05) is 16.7 Å². The van der Waals surface area contributed by atoms with Crippen LogP contribution in [0.4, 0.5) is 8.78 Å². The van der Waals surface area contributed by atoms with Crippen LogP contribution in [-0.4, -0.2) is 5.78 Å². The first-order chi connectivity index (χ1) is 8.49. The van der Waals surface area contributed by atoms with Crippen LogP contribution < -0.4 is 0 Å². The second-order valence-electron chi connectivity index (χ2n) is 3.91. The molecule has 1 nitrogen and oxygen atoms in total. The molecule has 0 aliphatic carbocycles. The number of ketones is 1. The molecule has 0 bridgehead atoms. The van der Waals surface area contributed by atoms with Gasteiger partial charge in [-0.15, -0.1) is 0 Å². The largest absolute Gasteiger partial charge is 0.288 e. The van der Waals surface area contributed by atoms with Crippen LogP contribution in [-0.2, 0) is 0 Å². The highest BCUT2D eigenvalue weighted by Crippen LogP contribution is 2.20. The Morgan fingerprint density at radius 2 is 1.72 bits per heavy atom. The van der Waals surface area contributed by atoms with E-state index < -0.39 is 17.4 Å². The predicted molar refractivity (Wildman–Crippen MR) is 66.0 cm³/mol. The lowest BCUT2D eigenvalue weighted by molar-refractivity contribution is 0.103. The second kappa shape index (κ2) is 4.86. The van der Waals surface area contributed by atoms with Crippen LogP contribution in [0.1, 0.15) is 21.5 Å². The lowest BCUT2D eigenvalue weighted by Crippen LogP contribution is -2.06. The lowest BCUT2D eigenvalue weighted by Gasteiger charge is -2.06. The minimum atomic E-state index is -0.866. The number of benzene rings is 2. The van der Waals surface area contributed by atoms with Crippen molar-refractivity contribution in [3.05, 3.63) is 69.7 Å². The summed E-state index contributed by atoms with van der Waals surface area (Å²) >= 11 is 5.78. The van der Waals surface area contributed by atoms with Crippen molar-refractivity contribution < 1.29 is 13.6 Å². The Balaban J connectivity index is 2.48. The van der Waals surface area contributed by atoms with Crippen LogP contribution >= 0.6 is 11.6 Å². The molecule has 0 unspecified atom stereocenters. The molecule has 0 heterocycles. The van der Waals surface area contributed by atoms with Gasteiger partial charge >= 0.3 is 0 Å². The van der Waals surface area contributed by atoms with E-state index >= 15 is 0 Å². The fourth-order valence-corrected chi connectivity index (χ4v) is 1.93. The van der Waals surface area contributed by atoms with Gasteiger partial charge in [-0.05, 0) is 42.8 Å². The van der Waals surface area contributed by atoms with Gasteiger partial charge in [0.2, 0.25) is 0 Å². The van der Waals surface area contributed by atoms with Crippen LogP contribution in [0.3, 0.4) is 0 Å². The van der Waals surface area contributed by atoms with Gasteiger partial charge in [-0.2, -0.15) is 0 Å². The Bertz CT molecular complexity index is 570. The molecule has 0 aliphatic heterocycles. The van der Waals surface area contributed by atoms with Crippen LogP contribution in [0.5, 0.6) is 0 Å². The summed E-state index contributed by atoms with van der Waals surface area (Å²) < 4.78 is 26.3. The molecule has 0 aliphatic rings. The fraction of sp³-hybridized carbons (Fsp3) is 0.0714. The van der Waals surface area contributed by atoms with Gasteiger partial charge in [0.15, 0.2) is 5.78 Å². The van der Waals surface area contributed by atoms with Gasteiger partial charge in [-0.1, -0.05) is 11.6 Å². The van der Waals surface area contributed by atoms with E-state index in [4.69, 9.17) is 11.6 Å². The van der Waals surface area contributed by atoms with Crippen molar-refractivity contribution in [1.82, 2.24) is 0 Å². The van der Waals surface area contributed by atoms with Crippen LogP contribution in [0.25, 0.3) is 0 Å². The van der Waals surface area contributed by atoms with Crippen molar-refractivity contribution in [2.45, 2.75) is 6.92 Å². The monoisotopic (exact) mass is 266 g/mol. The topological polar surface area (TPSA) is 17.1 Å². The minimum absolute atomic E-state index is 0.151. The third-order valence-electron chi connectivity index (χ3n) is 2.61. The van der Waals surface area contributed by atoms with E-state index in [-0.39, 0.29) is 5.56 Å². The minimum Gasteiger partial charge on any atom is -0.288 e. The first-order valence-electron chi connectivity index (χ1n) is 5.25. The molecule has 0 aromatic heterocycles. The highest BCUT2D eigenvalue weighted by atomic mass is 35.5. The number of hydrogen-bond donors (Lipinski definition) is 0. The molecular formula is C14H9ClF2O. The van der Waals surface area contributed by atoms with Crippen molar-refractivity contribution in [1.29, 1.82) is 0 Å². The predicted octanol–water partition coefficient (Wildman–Crippen LogP) is 4.16. The molecule has 92 valence electrons. The maximum Gasteiger partial charge on any atom is 0.196 e. The maximum absolute atomic E-state index is 13.5. The van der Waals surface area contributed by atoms with Crippen LogP contribution in [0, 0.1) is 18.6 Å². The van der Waals surface area contributed by atoms with Gasteiger partial charge < -0.3 is 0 Å². The normalized spacial score (nSPS) is 10.4. The molecule has 0 saturated carbocycles.